The number of ether oxygens (including phenoxy) is 1. The summed E-state index contributed by atoms with van der Waals surface area (Å²) in [5, 5.41) is 15.2. The molecule has 0 radical (unpaired) electrons. The molecule has 0 aliphatic rings. The summed E-state index contributed by atoms with van der Waals surface area (Å²) in [6, 6.07) is 7.51. The van der Waals surface area contributed by atoms with Crippen LogP contribution >= 0.6 is 0 Å². The molecule has 0 saturated heterocycles. The fraction of sp³-hybridized carbons (Fsp3) is 0.562. The van der Waals surface area contributed by atoms with Crippen LogP contribution in [-0.2, 0) is 6.42 Å². The molecule has 0 saturated carbocycles. The number of rotatable bonds is 8. The highest BCUT2D eigenvalue weighted by molar-refractivity contribution is 5.73. The van der Waals surface area contributed by atoms with Gasteiger partial charge in [0.05, 0.1) is 13.2 Å². The standard InChI is InChI=1S/C16H26N2O3/c1-4-12(2)15(19)11-18-16(20)17-10-9-13-5-7-14(21-3)8-6-13/h5-8,12,15,19H,4,9-11H2,1-3H3,(H2,17,18,20). The molecular weight excluding hydrogens is 268 g/mol. The molecule has 0 aliphatic heterocycles. The summed E-state index contributed by atoms with van der Waals surface area (Å²) in [6.45, 7) is 4.82. The first-order valence-corrected chi connectivity index (χ1v) is 7.39. The highest BCUT2D eigenvalue weighted by Crippen LogP contribution is 2.11. The van der Waals surface area contributed by atoms with Gasteiger partial charge in [0.15, 0.2) is 0 Å². The average Bonchev–Trinajstić information content (AvgIpc) is 2.52. The molecule has 0 heterocycles. The second kappa shape index (κ2) is 9.23. The van der Waals surface area contributed by atoms with Crippen LogP contribution in [0.25, 0.3) is 0 Å². The molecule has 2 unspecified atom stereocenters. The zero-order valence-corrected chi connectivity index (χ0v) is 13.1. The molecule has 0 bridgehead atoms. The van der Waals surface area contributed by atoms with E-state index in [1.807, 2.05) is 38.1 Å². The highest BCUT2D eigenvalue weighted by atomic mass is 16.5. The van der Waals surface area contributed by atoms with Gasteiger partial charge < -0.3 is 20.5 Å². The minimum Gasteiger partial charge on any atom is -0.497 e. The van der Waals surface area contributed by atoms with Gasteiger partial charge in [0, 0.05) is 13.1 Å². The van der Waals surface area contributed by atoms with E-state index in [1.165, 1.54) is 0 Å². The second-order valence-corrected chi connectivity index (χ2v) is 5.19. The lowest BCUT2D eigenvalue weighted by Crippen LogP contribution is -2.42. The monoisotopic (exact) mass is 294 g/mol. The third-order valence-electron chi connectivity index (χ3n) is 3.63. The molecule has 21 heavy (non-hydrogen) atoms. The predicted molar refractivity (Wildman–Crippen MR) is 83.6 cm³/mol. The van der Waals surface area contributed by atoms with Crippen LogP contribution in [0.15, 0.2) is 24.3 Å². The average molecular weight is 294 g/mol. The number of benzene rings is 1. The van der Waals surface area contributed by atoms with Gasteiger partial charge in [-0.3, -0.25) is 0 Å². The first-order valence-electron chi connectivity index (χ1n) is 7.39. The number of urea groups is 1. The fourth-order valence-electron chi connectivity index (χ4n) is 1.85. The van der Waals surface area contributed by atoms with Gasteiger partial charge in [0.2, 0.25) is 0 Å². The van der Waals surface area contributed by atoms with Crippen molar-refractivity contribution in [1.29, 1.82) is 0 Å². The highest BCUT2D eigenvalue weighted by Gasteiger charge is 2.12. The molecule has 5 nitrogen and oxygen atoms in total. The number of hydrogen-bond donors (Lipinski definition) is 3. The first kappa shape index (κ1) is 17.3. The lowest BCUT2D eigenvalue weighted by atomic mass is 10.0. The normalized spacial score (nSPS) is 13.3. The lowest BCUT2D eigenvalue weighted by molar-refractivity contribution is 0.114. The SMILES string of the molecule is CCC(C)C(O)CNC(=O)NCCc1ccc(OC)cc1. The van der Waals surface area contributed by atoms with Crippen LogP contribution in [0.2, 0.25) is 0 Å². The van der Waals surface area contributed by atoms with Crippen molar-refractivity contribution in [3.05, 3.63) is 29.8 Å². The molecule has 2 amide bonds. The van der Waals surface area contributed by atoms with Gasteiger partial charge in [0.1, 0.15) is 5.75 Å². The summed E-state index contributed by atoms with van der Waals surface area (Å²) in [5.41, 5.74) is 1.13. The fourth-order valence-corrected chi connectivity index (χ4v) is 1.85. The van der Waals surface area contributed by atoms with Crippen LogP contribution in [0.1, 0.15) is 25.8 Å². The summed E-state index contributed by atoms with van der Waals surface area (Å²) >= 11 is 0. The molecule has 118 valence electrons. The van der Waals surface area contributed by atoms with Gasteiger partial charge in [-0.25, -0.2) is 4.79 Å². The van der Waals surface area contributed by atoms with Crippen LogP contribution in [0.3, 0.4) is 0 Å². The maximum atomic E-state index is 11.6. The van der Waals surface area contributed by atoms with E-state index >= 15 is 0 Å². The van der Waals surface area contributed by atoms with E-state index in [-0.39, 0.29) is 18.5 Å². The summed E-state index contributed by atoms with van der Waals surface area (Å²) in [5.74, 6) is 1.01. The van der Waals surface area contributed by atoms with Crippen molar-refractivity contribution in [3.63, 3.8) is 0 Å². The van der Waals surface area contributed by atoms with Crippen LogP contribution in [0, 0.1) is 5.92 Å². The Hall–Kier alpha value is -1.75. The van der Waals surface area contributed by atoms with E-state index in [0.29, 0.717) is 6.54 Å². The first-order chi connectivity index (χ1) is 10.1. The van der Waals surface area contributed by atoms with E-state index in [0.717, 1.165) is 24.2 Å². The lowest BCUT2D eigenvalue weighted by Gasteiger charge is -2.17. The molecule has 0 spiro atoms. The van der Waals surface area contributed by atoms with Crippen LogP contribution < -0.4 is 15.4 Å². The number of carbonyl (C=O) groups is 1. The van der Waals surface area contributed by atoms with Gasteiger partial charge in [-0.1, -0.05) is 32.4 Å². The van der Waals surface area contributed by atoms with Gasteiger partial charge in [-0.05, 0) is 30.0 Å². The van der Waals surface area contributed by atoms with Crippen molar-refractivity contribution in [2.24, 2.45) is 5.92 Å². The van der Waals surface area contributed by atoms with E-state index < -0.39 is 6.10 Å². The minimum atomic E-state index is -0.498. The molecule has 1 aromatic carbocycles. The van der Waals surface area contributed by atoms with Crippen LogP contribution in [0.4, 0.5) is 4.79 Å². The zero-order chi connectivity index (χ0) is 15.7. The summed E-state index contributed by atoms with van der Waals surface area (Å²) in [6.07, 6.45) is 1.15. The van der Waals surface area contributed by atoms with Crippen molar-refractivity contribution in [2.45, 2.75) is 32.8 Å². The predicted octanol–water partition coefficient (Wildman–Crippen LogP) is 1.94. The zero-order valence-electron chi connectivity index (χ0n) is 13.1. The number of amides is 2. The summed E-state index contributed by atoms with van der Waals surface area (Å²) in [7, 11) is 1.63. The van der Waals surface area contributed by atoms with E-state index in [1.54, 1.807) is 7.11 Å². The Morgan fingerprint density at radius 1 is 1.29 bits per heavy atom. The van der Waals surface area contributed by atoms with Crippen molar-refractivity contribution < 1.29 is 14.6 Å². The Morgan fingerprint density at radius 3 is 2.52 bits per heavy atom. The van der Waals surface area contributed by atoms with Crippen molar-refractivity contribution in [3.8, 4) is 5.75 Å². The Labute approximate surface area is 126 Å². The molecule has 0 aliphatic carbocycles. The summed E-state index contributed by atoms with van der Waals surface area (Å²) < 4.78 is 5.09. The molecule has 1 rings (SSSR count). The topological polar surface area (TPSA) is 70.6 Å². The van der Waals surface area contributed by atoms with Gasteiger partial charge in [-0.15, -0.1) is 0 Å². The van der Waals surface area contributed by atoms with E-state index in [9.17, 15) is 9.90 Å². The molecule has 1 aromatic rings. The maximum Gasteiger partial charge on any atom is 0.314 e. The largest absolute Gasteiger partial charge is 0.497 e. The number of carbonyl (C=O) groups excluding carboxylic acids is 1. The van der Waals surface area contributed by atoms with Gasteiger partial charge in [0.25, 0.3) is 0 Å². The molecule has 5 heteroatoms. The Kier molecular flexibility index (Phi) is 7.61. The van der Waals surface area contributed by atoms with E-state index in [4.69, 9.17) is 4.74 Å². The van der Waals surface area contributed by atoms with Crippen molar-refractivity contribution in [1.82, 2.24) is 10.6 Å². The molecule has 2 atom stereocenters. The number of methoxy groups -OCH3 is 1. The minimum absolute atomic E-state index is 0.185. The summed E-state index contributed by atoms with van der Waals surface area (Å²) in [4.78, 5) is 11.6. The quantitative estimate of drug-likeness (QED) is 0.686. The Morgan fingerprint density at radius 2 is 1.95 bits per heavy atom. The number of aliphatic hydroxyl groups excluding tert-OH is 1. The Balaban J connectivity index is 2.20. The van der Waals surface area contributed by atoms with Crippen molar-refractivity contribution >= 4 is 6.03 Å². The molecule has 3 N–H and O–H groups in total. The smallest absolute Gasteiger partial charge is 0.314 e. The maximum absolute atomic E-state index is 11.6. The molecular formula is C16H26N2O3. The van der Waals surface area contributed by atoms with Gasteiger partial charge >= 0.3 is 6.03 Å². The van der Waals surface area contributed by atoms with E-state index in [2.05, 4.69) is 10.6 Å². The number of nitrogens with one attached hydrogen (secondary N) is 2. The molecule has 0 aromatic heterocycles. The number of aliphatic hydroxyl groups is 1. The van der Waals surface area contributed by atoms with Crippen LogP contribution in [0.5, 0.6) is 5.75 Å². The third-order valence-corrected chi connectivity index (χ3v) is 3.63. The molecule has 0 fully saturated rings. The van der Waals surface area contributed by atoms with Crippen LogP contribution in [-0.4, -0.2) is 37.4 Å². The second-order valence-electron chi connectivity index (χ2n) is 5.19. The van der Waals surface area contributed by atoms with Gasteiger partial charge in [-0.2, -0.15) is 0 Å². The number of hydrogen-bond acceptors (Lipinski definition) is 3. The van der Waals surface area contributed by atoms with Crippen molar-refractivity contribution in [2.75, 3.05) is 20.2 Å². The third kappa shape index (κ3) is 6.49. The Bertz CT molecular complexity index is 420.